The third-order valence-electron chi connectivity index (χ3n) is 2.18. The predicted octanol–water partition coefficient (Wildman–Crippen LogP) is 3.63. The van der Waals surface area contributed by atoms with E-state index >= 15 is 0 Å². The molecule has 135 valence electrons. The Morgan fingerprint density at radius 2 is 1.29 bits per heavy atom. The molecule has 0 spiro atoms. The van der Waals surface area contributed by atoms with E-state index in [1.54, 1.807) is 24.3 Å². The Labute approximate surface area is 162 Å². The molecule has 0 unspecified atom stereocenters. The molecule has 2 rings (SSSR count). The molecule has 2 aromatic rings. The second kappa shape index (κ2) is 15.9. The molecule has 2 aromatic carbocycles. The Balaban J connectivity index is 0. The number of nitrogens with zero attached hydrogens (tertiary/aromatic N) is 2. The van der Waals surface area contributed by atoms with E-state index in [1.807, 2.05) is 24.3 Å². The summed E-state index contributed by atoms with van der Waals surface area (Å²) in [7, 11) is 0. The van der Waals surface area contributed by atoms with E-state index in [0.717, 1.165) is 10.9 Å². The maximum absolute atomic E-state index is 9.76. The smallest absolute Gasteiger partial charge is 0.294 e. The first kappa shape index (κ1) is 24.3. The number of rotatable bonds is 4. The van der Waals surface area contributed by atoms with Crippen LogP contribution in [0.3, 0.4) is 0 Å². The van der Waals surface area contributed by atoms with E-state index in [4.69, 9.17) is 15.3 Å². The van der Waals surface area contributed by atoms with Gasteiger partial charge in [-0.1, -0.05) is 76.6 Å². The van der Waals surface area contributed by atoms with Crippen molar-refractivity contribution in [1.29, 1.82) is 0 Å². The van der Waals surface area contributed by atoms with E-state index in [2.05, 4.69) is 32.9 Å². The van der Waals surface area contributed by atoms with Crippen LogP contribution >= 0.6 is 15.9 Å². The average molecular weight is 495 g/mol. The molecule has 0 fully saturated rings. The van der Waals surface area contributed by atoms with Gasteiger partial charge in [-0.15, -0.1) is 20.2 Å². The van der Waals surface area contributed by atoms with Crippen molar-refractivity contribution in [3.63, 3.8) is 0 Å². The van der Waals surface area contributed by atoms with Crippen molar-refractivity contribution in [2.45, 2.75) is 11.9 Å². The molecule has 0 aliphatic rings. The third kappa shape index (κ3) is 16.4. The van der Waals surface area contributed by atoms with Crippen molar-refractivity contribution < 1.29 is 42.6 Å². The van der Waals surface area contributed by atoms with Crippen molar-refractivity contribution in [3.8, 4) is 0 Å². The molecule has 1 radical (unpaired) electrons. The molecule has 0 aliphatic carbocycles. The fourth-order valence-electron chi connectivity index (χ4n) is 1.27. The summed E-state index contributed by atoms with van der Waals surface area (Å²) < 4.78 is 0. The molecular weight excluding hydrogens is 480 g/mol. The largest absolute Gasteiger partial charge is 0.328 e. The first-order valence-electron chi connectivity index (χ1n) is 6.20. The van der Waals surface area contributed by atoms with Crippen LogP contribution < -0.4 is 0 Å². The SMILES string of the molecule is BrCc1ccccc1.O=[N+]([O-])O.O=[N+]([O-])OCc1ccccc1.[Ag]. The molecule has 0 saturated carbocycles. The zero-order valence-electron chi connectivity index (χ0n) is 12.3. The van der Waals surface area contributed by atoms with E-state index < -0.39 is 10.2 Å². The molecule has 0 amide bonds. The standard InChI is InChI=1S/C7H7Br.C7H7NO3.Ag.HNO3/c8-6-7-4-2-1-3-5-7;9-8(10)11-6-7-4-2-1-3-5-7;;2-1(3)4/h1-5H,6H2;1-5H,6H2;;(H,2,3,4). The number of alkyl halides is 1. The quantitative estimate of drug-likeness (QED) is 0.300. The fraction of sp³-hybridized carbons (Fsp3) is 0.143. The zero-order valence-corrected chi connectivity index (χ0v) is 15.3. The Bertz CT molecular complexity index is 570. The molecule has 0 aromatic heterocycles. The van der Waals surface area contributed by atoms with Gasteiger partial charge in [0.15, 0.2) is 0 Å². The van der Waals surface area contributed by atoms with Crippen molar-refractivity contribution in [1.82, 2.24) is 0 Å². The molecule has 0 heterocycles. The van der Waals surface area contributed by atoms with Gasteiger partial charge in [0, 0.05) is 27.7 Å². The van der Waals surface area contributed by atoms with E-state index in [-0.39, 0.29) is 29.0 Å². The zero-order chi connectivity index (χ0) is 17.5. The van der Waals surface area contributed by atoms with E-state index in [9.17, 15) is 10.1 Å². The van der Waals surface area contributed by atoms with Crippen LogP contribution in [0, 0.1) is 20.2 Å². The maximum Gasteiger partial charge on any atom is 0.294 e. The van der Waals surface area contributed by atoms with Crippen molar-refractivity contribution in [2.75, 3.05) is 0 Å². The average Bonchev–Trinajstić information content (AvgIpc) is 2.55. The Morgan fingerprint density at radius 3 is 1.58 bits per heavy atom. The van der Waals surface area contributed by atoms with Crippen LogP contribution in [0.4, 0.5) is 0 Å². The number of halogens is 1. The summed E-state index contributed by atoms with van der Waals surface area (Å²) in [5.74, 6) is 0. The van der Waals surface area contributed by atoms with E-state index in [0.29, 0.717) is 0 Å². The molecule has 0 bridgehead atoms. The number of hydrogen-bond acceptors (Lipinski definition) is 5. The van der Waals surface area contributed by atoms with Gasteiger partial charge < -0.3 is 10.0 Å². The van der Waals surface area contributed by atoms with Gasteiger partial charge >= 0.3 is 0 Å². The van der Waals surface area contributed by atoms with Gasteiger partial charge in [-0.3, -0.25) is 0 Å². The Kier molecular flexibility index (Phi) is 16.1. The number of hydrogen-bond donors (Lipinski definition) is 1. The third-order valence-corrected chi connectivity index (χ3v) is 2.82. The minimum absolute atomic E-state index is 0. The summed E-state index contributed by atoms with van der Waals surface area (Å²) in [6.07, 6.45) is 0. The second-order valence-electron chi connectivity index (χ2n) is 3.84. The van der Waals surface area contributed by atoms with Crippen LogP contribution in [0.5, 0.6) is 0 Å². The minimum atomic E-state index is -1.50. The van der Waals surface area contributed by atoms with Gasteiger partial charge in [-0.25, -0.2) is 0 Å². The first-order chi connectivity index (χ1) is 11.0. The maximum atomic E-state index is 9.76. The van der Waals surface area contributed by atoms with Crippen LogP contribution in [0.25, 0.3) is 0 Å². The molecule has 0 atom stereocenters. The number of benzene rings is 2. The predicted molar refractivity (Wildman–Crippen MR) is 86.1 cm³/mol. The van der Waals surface area contributed by atoms with E-state index in [1.165, 1.54) is 5.56 Å². The Morgan fingerprint density at radius 1 is 0.917 bits per heavy atom. The molecule has 0 aliphatic heterocycles. The molecule has 8 nitrogen and oxygen atoms in total. The molecule has 24 heavy (non-hydrogen) atoms. The van der Waals surface area contributed by atoms with Gasteiger partial charge in [0.2, 0.25) is 0 Å². The summed E-state index contributed by atoms with van der Waals surface area (Å²) in [6.45, 7) is 0.0217. The second-order valence-corrected chi connectivity index (χ2v) is 4.40. The van der Waals surface area contributed by atoms with Gasteiger partial charge in [0.1, 0.15) is 6.61 Å². The van der Waals surface area contributed by atoms with Gasteiger partial charge in [0.25, 0.3) is 10.2 Å². The summed E-state index contributed by atoms with van der Waals surface area (Å²) in [4.78, 5) is 22.3. The van der Waals surface area contributed by atoms with Crippen molar-refractivity contribution in [3.05, 3.63) is 92.0 Å². The van der Waals surface area contributed by atoms with Crippen LogP contribution in [-0.2, 0) is 39.2 Å². The molecule has 1 N–H and O–H groups in total. The summed E-state index contributed by atoms with van der Waals surface area (Å²) in [6, 6.07) is 19.3. The van der Waals surface area contributed by atoms with Crippen LogP contribution in [0.2, 0.25) is 0 Å². The normalized spacial score (nSPS) is 8.21. The summed E-state index contributed by atoms with van der Waals surface area (Å²) in [5, 5.41) is 23.5. The topological polar surface area (TPSA) is 116 Å². The van der Waals surface area contributed by atoms with Crippen molar-refractivity contribution >= 4 is 15.9 Å². The molecule has 10 heteroatoms. The van der Waals surface area contributed by atoms with Crippen LogP contribution in [-0.4, -0.2) is 15.4 Å². The van der Waals surface area contributed by atoms with Gasteiger partial charge in [-0.2, -0.15) is 0 Å². The minimum Gasteiger partial charge on any atom is -0.328 e. The van der Waals surface area contributed by atoms with Crippen LogP contribution in [0.15, 0.2) is 60.7 Å². The molecule has 0 saturated heterocycles. The summed E-state index contributed by atoms with van der Waals surface area (Å²) in [5.41, 5.74) is 2.12. The van der Waals surface area contributed by atoms with Gasteiger partial charge in [-0.05, 0) is 11.1 Å². The molecular formula is C14H15AgBrN2O6. The van der Waals surface area contributed by atoms with Gasteiger partial charge in [0.05, 0.1) is 0 Å². The monoisotopic (exact) mass is 493 g/mol. The van der Waals surface area contributed by atoms with Crippen molar-refractivity contribution in [2.24, 2.45) is 0 Å². The first-order valence-corrected chi connectivity index (χ1v) is 7.32. The fourth-order valence-corrected chi connectivity index (χ4v) is 1.64. The van der Waals surface area contributed by atoms with Crippen LogP contribution in [0.1, 0.15) is 11.1 Å². The Hall–Kier alpha value is -1.94. The summed E-state index contributed by atoms with van der Waals surface area (Å²) >= 11 is 3.36.